The van der Waals surface area contributed by atoms with Crippen molar-refractivity contribution in [2.45, 2.75) is 25.4 Å². The minimum atomic E-state index is -0.123. The predicted octanol–water partition coefficient (Wildman–Crippen LogP) is 6.67. The first-order chi connectivity index (χ1) is 16.8. The molecule has 3 heteroatoms. The number of dihydropyridines is 1. The van der Waals surface area contributed by atoms with Gasteiger partial charge in [0.05, 0.1) is 11.4 Å². The highest BCUT2D eigenvalue weighted by Gasteiger charge is 2.30. The van der Waals surface area contributed by atoms with E-state index in [0.717, 1.165) is 53.2 Å². The second kappa shape index (κ2) is 9.11. The van der Waals surface area contributed by atoms with Gasteiger partial charge in [0.15, 0.2) is 0 Å². The van der Waals surface area contributed by atoms with E-state index in [1.165, 1.54) is 11.1 Å². The molecular weight excluding hydrogens is 414 g/mol. The fraction of sp³-hybridized carbons (Fsp3) is 0.161. The third kappa shape index (κ3) is 4.06. The monoisotopic (exact) mass is 441 g/mol. The van der Waals surface area contributed by atoms with Crippen molar-refractivity contribution in [1.29, 1.82) is 0 Å². The van der Waals surface area contributed by atoms with Crippen molar-refractivity contribution in [1.82, 2.24) is 5.32 Å². The van der Waals surface area contributed by atoms with E-state index >= 15 is 0 Å². The number of fused-ring (bicyclic) bond motifs is 1. The van der Waals surface area contributed by atoms with Crippen LogP contribution in [0.15, 0.2) is 125 Å². The lowest BCUT2D eigenvalue weighted by Crippen LogP contribution is -2.43. The third-order valence-electron chi connectivity index (χ3n) is 6.83. The number of nitrogens with zero attached hydrogens (tertiary/aromatic N) is 2. The first kappa shape index (κ1) is 20.6. The smallest absolute Gasteiger partial charge is 0.148 e. The standard InChI is InChI=1S/C31H27N3/c1-4-10-22(11-5-1)23-16-18-26(19-17-23)30-33-29(25-14-8-3-9-15-25)27-20-21-28(32-31(27)34-30)24-12-6-2-7-13-24/h1-16,20-21,26,31H,17-19H2,(H,33,34). The van der Waals surface area contributed by atoms with Gasteiger partial charge >= 0.3 is 0 Å². The summed E-state index contributed by atoms with van der Waals surface area (Å²) < 4.78 is 0. The van der Waals surface area contributed by atoms with E-state index in [-0.39, 0.29) is 6.17 Å². The molecule has 0 amide bonds. The largest absolute Gasteiger partial charge is 0.348 e. The van der Waals surface area contributed by atoms with Crippen LogP contribution in [0.4, 0.5) is 0 Å². The van der Waals surface area contributed by atoms with Gasteiger partial charge in [0.2, 0.25) is 0 Å². The van der Waals surface area contributed by atoms with E-state index in [9.17, 15) is 0 Å². The second-order valence-electron chi connectivity index (χ2n) is 8.99. The van der Waals surface area contributed by atoms with Crippen LogP contribution in [-0.4, -0.2) is 17.7 Å². The van der Waals surface area contributed by atoms with Gasteiger partial charge in [-0.05, 0) is 42.0 Å². The number of nitrogens with one attached hydrogen (secondary N) is 1. The molecule has 3 aromatic rings. The predicted molar refractivity (Wildman–Crippen MR) is 142 cm³/mol. The van der Waals surface area contributed by atoms with Crippen molar-refractivity contribution in [2.24, 2.45) is 15.9 Å². The maximum atomic E-state index is 5.19. The maximum absolute atomic E-state index is 5.19. The van der Waals surface area contributed by atoms with Crippen LogP contribution in [0.3, 0.4) is 0 Å². The minimum Gasteiger partial charge on any atom is -0.348 e. The van der Waals surface area contributed by atoms with Crippen molar-refractivity contribution in [3.63, 3.8) is 0 Å². The van der Waals surface area contributed by atoms with Gasteiger partial charge in [-0.3, -0.25) is 4.99 Å². The molecule has 0 aromatic heterocycles. The molecule has 1 aliphatic carbocycles. The van der Waals surface area contributed by atoms with Gasteiger partial charge in [0, 0.05) is 17.1 Å². The highest BCUT2D eigenvalue weighted by Crippen LogP contribution is 2.35. The number of allylic oxidation sites excluding steroid dienone is 3. The van der Waals surface area contributed by atoms with Crippen molar-refractivity contribution >= 4 is 22.8 Å². The summed E-state index contributed by atoms with van der Waals surface area (Å²) in [5, 5.41) is 3.70. The van der Waals surface area contributed by atoms with Gasteiger partial charge in [-0.25, -0.2) is 4.99 Å². The molecule has 2 aliphatic heterocycles. The Morgan fingerprint density at radius 2 is 1.35 bits per heavy atom. The van der Waals surface area contributed by atoms with Crippen LogP contribution in [0.2, 0.25) is 0 Å². The summed E-state index contributed by atoms with van der Waals surface area (Å²) in [4.78, 5) is 10.3. The molecule has 0 fully saturated rings. The molecule has 1 N–H and O–H groups in total. The van der Waals surface area contributed by atoms with Crippen LogP contribution in [0.5, 0.6) is 0 Å². The fourth-order valence-corrected chi connectivity index (χ4v) is 5.00. The summed E-state index contributed by atoms with van der Waals surface area (Å²) in [6, 6.07) is 31.6. The number of hydrogen-bond acceptors (Lipinski definition) is 3. The highest BCUT2D eigenvalue weighted by molar-refractivity contribution is 6.10. The molecule has 2 heterocycles. The molecule has 166 valence electrons. The summed E-state index contributed by atoms with van der Waals surface area (Å²) in [5.41, 5.74) is 8.22. The molecule has 6 rings (SSSR count). The molecule has 0 bridgehead atoms. The summed E-state index contributed by atoms with van der Waals surface area (Å²) >= 11 is 0. The summed E-state index contributed by atoms with van der Waals surface area (Å²) in [6.07, 6.45) is 9.71. The van der Waals surface area contributed by atoms with Crippen molar-refractivity contribution in [3.8, 4) is 0 Å². The third-order valence-corrected chi connectivity index (χ3v) is 6.83. The average Bonchev–Trinajstić information content (AvgIpc) is 2.93. The van der Waals surface area contributed by atoms with E-state index in [0.29, 0.717) is 5.92 Å². The molecule has 0 saturated carbocycles. The Kier molecular flexibility index (Phi) is 5.52. The summed E-state index contributed by atoms with van der Waals surface area (Å²) in [5.74, 6) is 1.43. The Bertz CT molecular complexity index is 1330. The molecule has 0 radical (unpaired) electrons. The molecule has 3 aliphatic rings. The highest BCUT2D eigenvalue weighted by atomic mass is 15.2. The Morgan fingerprint density at radius 1 is 0.706 bits per heavy atom. The van der Waals surface area contributed by atoms with E-state index in [2.05, 4.69) is 108 Å². The number of amidine groups is 1. The normalized spacial score (nSPS) is 21.7. The van der Waals surface area contributed by atoms with Crippen LogP contribution < -0.4 is 5.32 Å². The molecule has 2 unspecified atom stereocenters. The van der Waals surface area contributed by atoms with Crippen LogP contribution in [0.1, 0.15) is 36.0 Å². The summed E-state index contributed by atoms with van der Waals surface area (Å²) in [7, 11) is 0. The molecule has 2 atom stereocenters. The van der Waals surface area contributed by atoms with Crippen LogP contribution in [0.25, 0.3) is 11.3 Å². The van der Waals surface area contributed by atoms with Crippen LogP contribution >= 0.6 is 0 Å². The summed E-state index contributed by atoms with van der Waals surface area (Å²) in [6.45, 7) is 0. The zero-order valence-corrected chi connectivity index (χ0v) is 19.1. The topological polar surface area (TPSA) is 36.8 Å². The first-order valence-electron chi connectivity index (χ1n) is 12.1. The zero-order chi connectivity index (χ0) is 22.7. The number of benzene rings is 3. The SMILES string of the molecule is C1=CC2=C(c3ccccc3)N=C(C3CC=C(c4ccccc4)CC3)NC2N=C1c1ccccc1. The fourth-order valence-electron chi connectivity index (χ4n) is 5.00. The molecule has 34 heavy (non-hydrogen) atoms. The Labute approximate surface area is 201 Å². The Hall–Kier alpha value is -3.98. The number of hydrogen-bond donors (Lipinski definition) is 1. The van der Waals surface area contributed by atoms with E-state index in [4.69, 9.17) is 9.98 Å². The first-order valence-corrected chi connectivity index (χ1v) is 12.1. The number of rotatable bonds is 4. The Balaban J connectivity index is 1.34. The lowest BCUT2D eigenvalue weighted by Gasteiger charge is -2.33. The minimum absolute atomic E-state index is 0.123. The maximum Gasteiger partial charge on any atom is 0.148 e. The van der Waals surface area contributed by atoms with Gasteiger partial charge in [-0.15, -0.1) is 0 Å². The van der Waals surface area contributed by atoms with E-state index in [1.807, 2.05) is 6.07 Å². The zero-order valence-electron chi connectivity index (χ0n) is 19.1. The van der Waals surface area contributed by atoms with Crippen molar-refractivity contribution in [2.75, 3.05) is 0 Å². The van der Waals surface area contributed by atoms with Gasteiger partial charge in [-0.2, -0.15) is 0 Å². The molecular formula is C31H27N3. The van der Waals surface area contributed by atoms with E-state index < -0.39 is 0 Å². The average molecular weight is 442 g/mol. The Morgan fingerprint density at radius 3 is 2.00 bits per heavy atom. The molecule has 0 saturated heterocycles. The van der Waals surface area contributed by atoms with Gasteiger partial charge in [-0.1, -0.05) is 103 Å². The van der Waals surface area contributed by atoms with Gasteiger partial charge in [0.1, 0.15) is 12.0 Å². The van der Waals surface area contributed by atoms with Crippen molar-refractivity contribution < 1.29 is 0 Å². The lowest BCUT2D eigenvalue weighted by molar-refractivity contribution is 0.584. The van der Waals surface area contributed by atoms with Crippen molar-refractivity contribution in [3.05, 3.63) is 131 Å². The molecule has 3 nitrogen and oxygen atoms in total. The van der Waals surface area contributed by atoms with Gasteiger partial charge in [0.25, 0.3) is 0 Å². The lowest BCUT2D eigenvalue weighted by atomic mass is 9.85. The van der Waals surface area contributed by atoms with Crippen LogP contribution in [-0.2, 0) is 0 Å². The quantitative estimate of drug-likeness (QED) is 0.482. The number of aliphatic imine (C=N–C) groups is 2. The van der Waals surface area contributed by atoms with Gasteiger partial charge < -0.3 is 5.32 Å². The van der Waals surface area contributed by atoms with Crippen LogP contribution in [0, 0.1) is 5.92 Å². The second-order valence-corrected chi connectivity index (χ2v) is 8.99. The molecule has 0 spiro atoms. The van der Waals surface area contributed by atoms with E-state index in [1.54, 1.807) is 0 Å². The molecule has 3 aromatic carbocycles.